The van der Waals surface area contributed by atoms with E-state index in [1.54, 1.807) is 43.3 Å². The van der Waals surface area contributed by atoms with E-state index in [0.717, 1.165) is 0 Å². The number of halogens is 2. The van der Waals surface area contributed by atoms with Crippen LogP contribution in [0.1, 0.15) is 24.2 Å². The van der Waals surface area contributed by atoms with Crippen LogP contribution in [-0.4, -0.2) is 5.11 Å². The van der Waals surface area contributed by atoms with E-state index in [1.165, 1.54) is 6.07 Å². The SMILES string of the molecule is CC(O)c1cc(Cl)ccc1OCc1ccccc1F. The Morgan fingerprint density at radius 3 is 2.68 bits per heavy atom. The summed E-state index contributed by atoms with van der Waals surface area (Å²) < 4.78 is 19.0. The predicted octanol–water partition coefficient (Wildman–Crippen LogP) is 4.11. The first-order chi connectivity index (χ1) is 9.08. The molecular weight excluding hydrogens is 267 g/mol. The van der Waals surface area contributed by atoms with Crippen LogP contribution in [0.2, 0.25) is 5.02 Å². The molecule has 1 N–H and O–H groups in total. The highest BCUT2D eigenvalue weighted by Crippen LogP contribution is 2.29. The topological polar surface area (TPSA) is 29.5 Å². The van der Waals surface area contributed by atoms with Gasteiger partial charge in [0.1, 0.15) is 18.2 Å². The molecule has 2 aromatic carbocycles. The number of rotatable bonds is 4. The van der Waals surface area contributed by atoms with Crippen molar-refractivity contribution in [1.29, 1.82) is 0 Å². The quantitative estimate of drug-likeness (QED) is 0.913. The van der Waals surface area contributed by atoms with Gasteiger partial charge in [0, 0.05) is 16.1 Å². The molecule has 100 valence electrons. The summed E-state index contributed by atoms with van der Waals surface area (Å²) >= 11 is 5.88. The van der Waals surface area contributed by atoms with Crippen LogP contribution in [0, 0.1) is 5.82 Å². The Morgan fingerprint density at radius 2 is 2.00 bits per heavy atom. The second-order valence-corrected chi connectivity index (χ2v) is 4.67. The summed E-state index contributed by atoms with van der Waals surface area (Å²) in [6.45, 7) is 1.73. The molecule has 0 heterocycles. The van der Waals surface area contributed by atoms with Gasteiger partial charge in [0.05, 0.1) is 6.10 Å². The van der Waals surface area contributed by atoms with Crippen LogP contribution in [0.5, 0.6) is 5.75 Å². The largest absolute Gasteiger partial charge is 0.488 e. The number of aliphatic hydroxyl groups is 1. The van der Waals surface area contributed by atoms with Crippen LogP contribution in [0.15, 0.2) is 42.5 Å². The maximum absolute atomic E-state index is 13.5. The van der Waals surface area contributed by atoms with Gasteiger partial charge in [-0.3, -0.25) is 0 Å². The van der Waals surface area contributed by atoms with E-state index in [0.29, 0.717) is 21.9 Å². The molecule has 0 saturated carbocycles. The zero-order valence-corrected chi connectivity index (χ0v) is 11.2. The van der Waals surface area contributed by atoms with Crippen LogP contribution in [0.3, 0.4) is 0 Å². The molecule has 0 aliphatic carbocycles. The molecule has 1 unspecified atom stereocenters. The molecule has 4 heteroatoms. The summed E-state index contributed by atoms with van der Waals surface area (Å²) in [5.41, 5.74) is 1.05. The van der Waals surface area contributed by atoms with E-state index in [-0.39, 0.29) is 12.4 Å². The molecule has 0 spiro atoms. The van der Waals surface area contributed by atoms with Crippen molar-refractivity contribution in [3.8, 4) is 5.75 Å². The van der Waals surface area contributed by atoms with Crippen molar-refractivity contribution >= 4 is 11.6 Å². The molecule has 1 atom stereocenters. The lowest BCUT2D eigenvalue weighted by Gasteiger charge is -2.14. The first kappa shape index (κ1) is 13.8. The third-order valence-electron chi connectivity index (χ3n) is 2.76. The van der Waals surface area contributed by atoms with Crippen LogP contribution < -0.4 is 4.74 Å². The Kier molecular flexibility index (Phi) is 4.40. The Morgan fingerprint density at radius 1 is 1.26 bits per heavy atom. The third-order valence-corrected chi connectivity index (χ3v) is 3.00. The van der Waals surface area contributed by atoms with E-state index in [9.17, 15) is 9.50 Å². The van der Waals surface area contributed by atoms with Gasteiger partial charge in [0.15, 0.2) is 0 Å². The Hall–Kier alpha value is -1.58. The van der Waals surface area contributed by atoms with Crippen molar-refractivity contribution in [3.63, 3.8) is 0 Å². The Bertz CT molecular complexity index is 570. The molecule has 0 aromatic heterocycles. The third kappa shape index (κ3) is 3.46. The van der Waals surface area contributed by atoms with Crippen LogP contribution in [0.25, 0.3) is 0 Å². The van der Waals surface area contributed by atoms with E-state index in [4.69, 9.17) is 16.3 Å². The highest BCUT2D eigenvalue weighted by atomic mass is 35.5. The van der Waals surface area contributed by atoms with Gasteiger partial charge in [-0.25, -0.2) is 4.39 Å². The van der Waals surface area contributed by atoms with Gasteiger partial charge in [-0.15, -0.1) is 0 Å². The van der Waals surface area contributed by atoms with E-state index in [1.807, 2.05) is 0 Å². The highest BCUT2D eigenvalue weighted by Gasteiger charge is 2.11. The number of benzene rings is 2. The summed E-state index contributed by atoms with van der Waals surface area (Å²) in [6.07, 6.45) is -0.700. The van der Waals surface area contributed by atoms with Crippen LogP contribution >= 0.6 is 11.6 Å². The molecule has 19 heavy (non-hydrogen) atoms. The van der Waals surface area contributed by atoms with Crippen molar-refractivity contribution in [2.24, 2.45) is 0 Å². The smallest absolute Gasteiger partial charge is 0.129 e. The summed E-state index contributed by atoms with van der Waals surface area (Å²) in [6, 6.07) is 11.4. The molecule has 0 saturated heterocycles. The summed E-state index contributed by atoms with van der Waals surface area (Å²) in [5, 5.41) is 10.2. The Balaban J connectivity index is 2.18. The van der Waals surface area contributed by atoms with Crippen molar-refractivity contribution in [2.45, 2.75) is 19.6 Å². The maximum Gasteiger partial charge on any atom is 0.129 e. The van der Waals surface area contributed by atoms with E-state index in [2.05, 4.69) is 0 Å². The average Bonchev–Trinajstić information content (AvgIpc) is 2.38. The zero-order valence-electron chi connectivity index (χ0n) is 10.4. The standard InChI is InChI=1S/C15H14ClFO2/c1-10(18)13-8-12(16)6-7-15(13)19-9-11-4-2-3-5-14(11)17/h2-8,10,18H,9H2,1H3. The van der Waals surface area contributed by atoms with Crippen molar-refractivity contribution < 1.29 is 14.2 Å². The molecule has 2 rings (SSSR count). The molecule has 0 bridgehead atoms. The van der Waals surface area contributed by atoms with Crippen LogP contribution in [0.4, 0.5) is 4.39 Å². The monoisotopic (exact) mass is 280 g/mol. The van der Waals surface area contributed by atoms with Crippen molar-refractivity contribution in [3.05, 3.63) is 64.4 Å². The predicted molar refractivity (Wildman–Crippen MR) is 72.8 cm³/mol. The average molecular weight is 281 g/mol. The fourth-order valence-electron chi connectivity index (χ4n) is 1.75. The lowest BCUT2D eigenvalue weighted by molar-refractivity contribution is 0.190. The van der Waals surface area contributed by atoms with Gasteiger partial charge in [-0.1, -0.05) is 29.8 Å². The lowest BCUT2D eigenvalue weighted by Crippen LogP contribution is -2.02. The number of ether oxygens (including phenoxy) is 1. The number of aliphatic hydroxyl groups excluding tert-OH is 1. The van der Waals surface area contributed by atoms with E-state index < -0.39 is 6.10 Å². The number of hydrogen-bond donors (Lipinski definition) is 1. The second-order valence-electron chi connectivity index (χ2n) is 4.24. The molecule has 2 aromatic rings. The number of hydrogen-bond acceptors (Lipinski definition) is 2. The normalized spacial score (nSPS) is 12.2. The molecule has 2 nitrogen and oxygen atoms in total. The van der Waals surface area contributed by atoms with Gasteiger partial charge in [-0.05, 0) is 31.2 Å². The summed E-state index contributed by atoms with van der Waals surface area (Å²) in [7, 11) is 0. The molecule has 0 aliphatic rings. The maximum atomic E-state index is 13.5. The van der Waals surface area contributed by atoms with Gasteiger partial charge < -0.3 is 9.84 Å². The van der Waals surface area contributed by atoms with Crippen molar-refractivity contribution in [1.82, 2.24) is 0 Å². The lowest BCUT2D eigenvalue weighted by atomic mass is 10.1. The summed E-state index contributed by atoms with van der Waals surface area (Å²) in [5.74, 6) is 0.192. The minimum Gasteiger partial charge on any atom is -0.488 e. The van der Waals surface area contributed by atoms with Crippen molar-refractivity contribution in [2.75, 3.05) is 0 Å². The first-order valence-corrected chi connectivity index (χ1v) is 6.29. The van der Waals surface area contributed by atoms with Gasteiger partial charge in [-0.2, -0.15) is 0 Å². The first-order valence-electron chi connectivity index (χ1n) is 5.91. The van der Waals surface area contributed by atoms with Gasteiger partial charge in [0.25, 0.3) is 0 Å². The molecule has 0 radical (unpaired) electrons. The fourth-order valence-corrected chi connectivity index (χ4v) is 1.93. The molecule has 0 aliphatic heterocycles. The van der Waals surface area contributed by atoms with Gasteiger partial charge >= 0.3 is 0 Å². The molecule has 0 fully saturated rings. The minimum atomic E-state index is -0.700. The molecule has 0 amide bonds. The molecular formula is C15H14ClFO2. The van der Waals surface area contributed by atoms with Gasteiger partial charge in [0.2, 0.25) is 0 Å². The summed E-state index contributed by atoms with van der Waals surface area (Å²) in [4.78, 5) is 0. The zero-order chi connectivity index (χ0) is 13.8. The minimum absolute atomic E-state index is 0.105. The fraction of sp³-hybridized carbons (Fsp3) is 0.200. The van der Waals surface area contributed by atoms with E-state index >= 15 is 0 Å². The highest BCUT2D eigenvalue weighted by molar-refractivity contribution is 6.30. The second kappa shape index (κ2) is 6.04. The van der Waals surface area contributed by atoms with Crippen LogP contribution in [-0.2, 0) is 6.61 Å². The Labute approximate surface area is 116 Å².